The van der Waals surface area contributed by atoms with Crippen molar-refractivity contribution in [2.45, 2.75) is 49.8 Å². The molecule has 0 saturated carbocycles. The van der Waals surface area contributed by atoms with Crippen LogP contribution in [0.25, 0.3) is 55.9 Å². The van der Waals surface area contributed by atoms with Crippen molar-refractivity contribution < 1.29 is 33.3 Å². The number of thiocarbonyl (C=S) groups is 1. The number of ether oxygens (including phenoxy) is 2. The van der Waals surface area contributed by atoms with Crippen LogP contribution < -0.4 is 26.0 Å². The highest BCUT2D eigenvalue weighted by Crippen LogP contribution is 2.46. The second kappa shape index (κ2) is 15.8. The van der Waals surface area contributed by atoms with Crippen molar-refractivity contribution in [1.29, 1.82) is 0 Å². The summed E-state index contributed by atoms with van der Waals surface area (Å²) in [4.78, 5) is 41.7. The number of phenolic OH excluding ortho intramolecular Hbond substituents is 1. The molecule has 5 heterocycles. The molecule has 5 N–H and O–H groups in total. The minimum atomic E-state index is -1.16. The largest absolute Gasteiger partial charge is 0.508 e. The number of nitrogens with one attached hydrogen (secondary N) is 1. The van der Waals surface area contributed by atoms with E-state index in [1.54, 1.807) is 24.3 Å². The van der Waals surface area contributed by atoms with Crippen LogP contribution in [0.4, 0.5) is 11.5 Å². The number of imidazole rings is 1. The van der Waals surface area contributed by atoms with Crippen LogP contribution in [-0.4, -0.2) is 65.1 Å². The molecule has 2 aliphatic heterocycles. The fourth-order valence-corrected chi connectivity index (χ4v) is 8.92. The average molecular weight is 856 g/mol. The Hall–Kier alpha value is -7.11. The lowest BCUT2D eigenvalue weighted by Gasteiger charge is -2.30. The SMILES string of the molecule is Cc1ccc(-c2cc3c(cc2Sc2nc4c(N)ncnc4n2CCCN(C(=S)Nc2ccc(-c4c5ccc(=O)cc-5oc5cc(O)ccc45)c(C(=O)O)c2)C(C)C)OCO3)o1. The number of aromatic hydroxyl groups is 1. The molecule has 0 atom stereocenters. The van der Waals surface area contributed by atoms with E-state index in [0.717, 1.165) is 16.2 Å². The number of carbonyl (C=O) groups is 1. The summed E-state index contributed by atoms with van der Waals surface area (Å²) in [5.74, 6) is 2.03. The van der Waals surface area contributed by atoms with Crippen LogP contribution in [-0.2, 0) is 6.54 Å². The van der Waals surface area contributed by atoms with Crippen LogP contribution in [0.15, 0.2) is 109 Å². The first kappa shape index (κ1) is 39.4. The molecule has 0 radical (unpaired) electrons. The van der Waals surface area contributed by atoms with E-state index in [0.29, 0.717) is 91.5 Å². The van der Waals surface area contributed by atoms with Crippen LogP contribution in [0, 0.1) is 6.92 Å². The highest BCUT2D eigenvalue weighted by atomic mass is 32.2. The van der Waals surface area contributed by atoms with Gasteiger partial charge in [0, 0.05) is 63.9 Å². The van der Waals surface area contributed by atoms with Gasteiger partial charge in [-0.1, -0.05) is 17.8 Å². The first-order valence-corrected chi connectivity index (χ1v) is 20.4. The predicted octanol–water partition coefficient (Wildman–Crippen LogP) is 8.64. The highest BCUT2D eigenvalue weighted by molar-refractivity contribution is 7.99. The second-order valence-corrected chi connectivity index (χ2v) is 16.0. The topological polar surface area (TPSA) is 204 Å². The molecule has 0 spiro atoms. The molecular formula is C44H37N7O8S2. The van der Waals surface area contributed by atoms with E-state index in [-0.39, 0.29) is 41.2 Å². The van der Waals surface area contributed by atoms with Crippen molar-refractivity contribution in [1.82, 2.24) is 24.4 Å². The number of phenols is 1. The first-order valence-electron chi connectivity index (χ1n) is 19.2. The number of hydrogen-bond acceptors (Lipinski definition) is 13. The van der Waals surface area contributed by atoms with Gasteiger partial charge in [0.2, 0.25) is 6.79 Å². The van der Waals surface area contributed by atoms with E-state index < -0.39 is 5.97 Å². The number of aryl methyl sites for hydroxylation is 2. The van der Waals surface area contributed by atoms with E-state index in [1.165, 1.54) is 48.4 Å². The Morgan fingerprint density at radius 3 is 2.54 bits per heavy atom. The molecule has 1 aliphatic carbocycles. The maximum absolute atomic E-state index is 12.9. The lowest BCUT2D eigenvalue weighted by atomic mass is 9.90. The molecule has 61 heavy (non-hydrogen) atoms. The number of aromatic nitrogens is 4. The Morgan fingerprint density at radius 1 is 0.967 bits per heavy atom. The van der Waals surface area contributed by atoms with Gasteiger partial charge < -0.3 is 49.0 Å². The van der Waals surface area contributed by atoms with E-state index in [1.807, 2.05) is 54.5 Å². The van der Waals surface area contributed by atoms with E-state index in [4.69, 9.17) is 41.2 Å². The van der Waals surface area contributed by atoms with Gasteiger partial charge in [0.15, 0.2) is 44.2 Å². The van der Waals surface area contributed by atoms with Crippen molar-refractivity contribution in [3.05, 3.63) is 107 Å². The molecule has 0 amide bonds. The number of nitrogens with two attached hydrogens (primary N) is 1. The molecule has 0 bridgehead atoms. The number of nitrogen functional groups attached to an aromatic ring is 1. The Bertz CT molecular complexity index is 3070. The van der Waals surface area contributed by atoms with Crippen molar-refractivity contribution in [2.75, 3.05) is 24.4 Å². The molecule has 3 aromatic carbocycles. The molecule has 0 fully saturated rings. The van der Waals surface area contributed by atoms with E-state index in [2.05, 4.69) is 15.3 Å². The summed E-state index contributed by atoms with van der Waals surface area (Å²) in [6, 6.07) is 21.6. The van der Waals surface area contributed by atoms with Gasteiger partial charge in [-0.15, -0.1) is 0 Å². The van der Waals surface area contributed by atoms with Gasteiger partial charge in [-0.05, 0) is 106 Å². The molecule has 15 nitrogen and oxygen atoms in total. The number of rotatable bonds is 11. The molecule has 3 aliphatic rings. The highest BCUT2D eigenvalue weighted by Gasteiger charge is 2.26. The number of benzene rings is 4. The van der Waals surface area contributed by atoms with Crippen molar-refractivity contribution >= 4 is 68.7 Å². The summed E-state index contributed by atoms with van der Waals surface area (Å²) in [5.41, 5.74) is 10.2. The van der Waals surface area contributed by atoms with E-state index >= 15 is 0 Å². The van der Waals surface area contributed by atoms with Crippen LogP contribution in [0.1, 0.15) is 36.4 Å². The van der Waals surface area contributed by atoms with Crippen LogP contribution in [0.5, 0.6) is 17.2 Å². The van der Waals surface area contributed by atoms with Crippen LogP contribution in [0.2, 0.25) is 0 Å². The van der Waals surface area contributed by atoms with Gasteiger partial charge >= 0.3 is 5.97 Å². The second-order valence-electron chi connectivity index (χ2n) is 14.6. The van der Waals surface area contributed by atoms with Gasteiger partial charge in [-0.3, -0.25) is 4.79 Å². The molecule has 0 unspecified atom stereocenters. The minimum absolute atomic E-state index is 0.00282. The number of nitrogens with zero attached hydrogens (tertiary/aromatic N) is 5. The lowest BCUT2D eigenvalue weighted by molar-refractivity contribution is 0.0697. The monoisotopic (exact) mass is 855 g/mol. The van der Waals surface area contributed by atoms with Crippen LogP contribution >= 0.6 is 24.0 Å². The standard InChI is InChI=1S/C44H37N7O8S2/c1-22(2)50(43(60)48-24-6-9-27(30(15-24)42(54)55)38-28-10-7-25(52)16-33(28)59-34-17-26(53)8-11-29(34)38)13-4-14-51-41-39(40(45)46-20-47-41)49-44(51)61-37-19-36-35(56-21-57-36)18-31(37)32-12-5-23(3)58-32/h5-12,15-20,22,52H,4,13-14,21H2,1-3H3,(H,48,60)(H,54,55)(H2,45,46,47). The quantitative estimate of drug-likeness (QED) is 0.0710. The molecule has 3 aromatic heterocycles. The fraction of sp³-hybridized carbons (Fsp3) is 0.182. The zero-order valence-corrected chi connectivity index (χ0v) is 34.6. The molecular weight excluding hydrogens is 819 g/mol. The summed E-state index contributed by atoms with van der Waals surface area (Å²) in [6.07, 6.45) is 2.04. The number of carboxylic acid groups (broad SMARTS) is 1. The number of aromatic carboxylic acids is 1. The summed E-state index contributed by atoms with van der Waals surface area (Å²) in [7, 11) is 0. The third-order valence-electron chi connectivity index (χ3n) is 10.3. The third kappa shape index (κ3) is 7.53. The molecule has 9 rings (SSSR count). The maximum Gasteiger partial charge on any atom is 0.336 e. The summed E-state index contributed by atoms with van der Waals surface area (Å²) < 4.78 is 25.4. The molecule has 0 saturated heterocycles. The lowest BCUT2D eigenvalue weighted by Crippen LogP contribution is -2.40. The number of anilines is 2. The smallest absolute Gasteiger partial charge is 0.336 e. The Morgan fingerprint density at radius 2 is 1.77 bits per heavy atom. The van der Waals surface area contributed by atoms with Crippen LogP contribution in [0.3, 0.4) is 0 Å². The van der Waals surface area contributed by atoms with Gasteiger partial charge in [0.25, 0.3) is 0 Å². The van der Waals surface area contributed by atoms with Crippen molar-refractivity contribution in [3.63, 3.8) is 0 Å². The van der Waals surface area contributed by atoms with Gasteiger partial charge in [0.05, 0.1) is 5.56 Å². The van der Waals surface area contributed by atoms with Crippen molar-refractivity contribution in [3.8, 4) is 51.0 Å². The maximum atomic E-state index is 12.9. The first-order chi connectivity index (χ1) is 29.4. The summed E-state index contributed by atoms with van der Waals surface area (Å²) in [6.45, 7) is 7.09. The average Bonchev–Trinajstić information content (AvgIpc) is 3.97. The summed E-state index contributed by atoms with van der Waals surface area (Å²) in [5, 5.41) is 25.6. The minimum Gasteiger partial charge on any atom is -0.508 e. The fourth-order valence-electron chi connectivity index (χ4n) is 7.45. The molecule has 17 heteroatoms. The molecule has 308 valence electrons. The number of carboxylic acids is 1. The Kier molecular flexibility index (Phi) is 10.2. The zero-order valence-electron chi connectivity index (χ0n) is 33.0. The normalized spacial score (nSPS) is 12.2. The number of fused-ring (bicyclic) bond motifs is 4. The third-order valence-corrected chi connectivity index (χ3v) is 11.7. The number of hydrogen-bond donors (Lipinski definition) is 4. The van der Waals surface area contributed by atoms with Gasteiger partial charge in [-0.25, -0.2) is 19.7 Å². The predicted molar refractivity (Wildman–Crippen MR) is 235 cm³/mol. The van der Waals surface area contributed by atoms with Gasteiger partial charge in [0.1, 0.15) is 34.9 Å². The van der Waals surface area contributed by atoms with E-state index in [9.17, 15) is 19.8 Å². The van der Waals surface area contributed by atoms with Crippen molar-refractivity contribution in [2.24, 2.45) is 0 Å². The summed E-state index contributed by atoms with van der Waals surface area (Å²) >= 11 is 7.38. The number of furan rings is 1. The Labute approximate surface area is 357 Å². The zero-order chi connectivity index (χ0) is 42.5. The molecule has 6 aromatic rings. The van der Waals surface area contributed by atoms with Gasteiger partial charge in [-0.2, -0.15) is 0 Å². The Balaban J connectivity index is 0.982.